The average Bonchev–Trinajstić information content (AvgIpc) is 2.29. The van der Waals surface area contributed by atoms with Crippen molar-refractivity contribution in [3.05, 3.63) is 27.6 Å². The zero-order chi connectivity index (χ0) is 12.0. The number of halogens is 1. The largest absolute Gasteiger partial charge is 0.359 e. The van der Waals surface area contributed by atoms with E-state index in [9.17, 15) is 9.59 Å². The lowest BCUT2D eigenvalue weighted by atomic mass is 10.2. The Morgan fingerprint density at radius 1 is 1.44 bits per heavy atom. The zero-order valence-electron chi connectivity index (χ0n) is 8.79. The topological polar surface area (TPSA) is 71.1 Å². The van der Waals surface area contributed by atoms with E-state index in [0.717, 1.165) is 3.70 Å². The Kier molecular flexibility index (Phi) is 5.17. The smallest absolute Gasteiger partial charge is 0.252 e. The van der Waals surface area contributed by atoms with Gasteiger partial charge in [-0.05, 0) is 34.7 Å². The van der Waals surface area contributed by atoms with Gasteiger partial charge >= 0.3 is 0 Å². The van der Waals surface area contributed by atoms with E-state index < -0.39 is 0 Å². The first-order valence-electron chi connectivity index (χ1n) is 4.74. The number of amides is 2. The van der Waals surface area contributed by atoms with Crippen LogP contribution in [0, 0.1) is 3.70 Å². The van der Waals surface area contributed by atoms with Gasteiger partial charge in [0.1, 0.15) is 3.70 Å². The van der Waals surface area contributed by atoms with Crippen LogP contribution in [0.5, 0.6) is 0 Å². The minimum absolute atomic E-state index is 0.0963. The molecule has 1 rings (SSSR count). The second-order valence-corrected chi connectivity index (χ2v) is 4.15. The molecule has 5 nitrogen and oxygen atoms in total. The summed E-state index contributed by atoms with van der Waals surface area (Å²) in [5, 5.41) is 5.12. The highest BCUT2D eigenvalue weighted by Gasteiger charge is 2.05. The standard InChI is InChI=1S/C10H12IN3O2/c1-12-9(15)4-5-13-10(16)7-2-3-8(11)14-6-7/h2-3,6H,4-5H2,1H3,(H,12,15)(H,13,16). The van der Waals surface area contributed by atoms with Gasteiger partial charge in [0.2, 0.25) is 5.91 Å². The average molecular weight is 333 g/mol. The molecule has 1 heterocycles. The minimum atomic E-state index is -0.215. The third-order valence-corrected chi connectivity index (χ3v) is 2.54. The molecule has 1 aromatic heterocycles. The van der Waals surface area contributed by atoms with E-state index >= 15 is 0 Å². The fraction of sp³-hybridized carbons (Fsp3) is 0.300. The molecule has 0 spiro atoms. The lowest BCUT2D eigenvalue weighted by Crippen LogP contribution is -2.29. The van der Waals surface area contributed by atoms with Gasteiger partial charge in [0.25, 0.3) is 5.91 Å². The van der Waals surface area contributed by atoms with Gasteiger partial charge in [-0.1, -0.05) is 0 Å². The molecule has 0 aliphatic heterocycles. The van der Waals surface area contributed by atoms with Gasteiger partial charge in [-0.15, -0.1) is 0 Å². The predicted molar refractivity (Wildman–Crippen MR) is 68.0 cm³/mol. The predicted octanol–water partition coefficient (Wildman–Crippen LogP) is 0.552. The molecular weight excluding hydrogens is 321 g/mol. The third kappa shape index (κ3) is 4.13. The number of carbonyl (C=O) groups excluding carboxylic acids is 2. The van der Waals surface area contributed by atoms with Crippen LogP contribution in [0.3, 0.4) is 0 Å². The number of rotatable bonds is 4. The van der Waals surface area contributed by atoms with Crippen molar-refractivity contribution in [1.29, 1.82) is 0 Å². The summed E-state index contributed by atoms with van der Waals surface area (Å²) in [4.78, 5) is 26.4. The molecular formula is C10H12IN3O2. The first-order valence-corrected chi connectivity index (χ1v) is 5.81. The van der Waals surface area contributed by atoms with E-state index in [1.54, 1.807) is 19.2 Å². The molecule has 0 bridgehead atoms. The number of hydrogen-bond donors (Lipinski definition) is 2. The van der Waals surface area contributed by atoms with Crippen molar-refractivity contribution in [2.24, 2.45) is 0 Å². The highest BCUT2D eigenvalue weighted by Crippen LogP contribution is 2.02. The van der Waals surface area contributed by atoms with E-state index in [-0.39, 0.29) is 18.2 Å². The highest BCUT2D eigenvalue weighted by molar-refractivity contribution is 14.1. The summed E-state index contributed by atoms with van der Waals surface area (Å²) < 4.78 is 0.833. The maximum Gasteiger partial charge on any atom is 0.252 e. The molecule has 0 atom stereocenters. The van der Waals surface area contributed by atoms with Crippen LogP contribution in [-0.4, -0.2) is 30.4 Å². The van der Waals surface area contributed by atoms with Crippen LogP contribution in [0.1, 0.15) is 16.8 Å². The quantitative estimate of drug-likeness (QED) is 0.625. The van der Waals surface area contributed by atoms with Crippen LogP contribution >= 0.6 is 22.6 Å². The fourth-order valence-electron chi connectivity index (χ4n) is 1.03. The van der Waals surface area contributed by atoms with Crippen molar-refractivity contribution in [3.8, 4) is 0 Å². The Morgan fingerprint density at radius 3 is 2.75 bits per heavy atom. The van der Waals surface area contributed by atoms with Gasteiger partial charge in [0.05, 0.1) is 5.56 Å². The number of aromatic nitrogens is 1. The molecule has 6 heteroatoms. The first-order chi connectivity index (χ1) is 7.63. The molecule has 0 saturated heterocycles. The molecule has 0 aromatic carbocycles. The monoisotopic (exact) mass is 333 g/mol. The Morgan fingerprint density at radius 2 is 2.19 bits per heavy atom. The Hall–Kier alpha value is -1.18. The van der Waals surface area contributed by atoms with Crippen molar-refractivity contribution in [2.75, 3.05) is 13.6 Å². The molecule has 0 radical (unpaired) electrons. The summed E-state index contributed by atoms with van der Waals surface area (Å²) in [6.45, 7) is 0.324. The number of hydrogen-bond acceptors (Lipinski definition) is 3. The second kappa shape index (κ2) is 6.41. The Bertz CT molecular complexity index is 378. The summed E-state index contributed by atoms with van der Waals surface area (Å²) in [5.41, 5.74) is 0.498. The number of pyridine rings is 1. The van der Waals surface area contributed by atoms with E-state index in [2.05, 4.69) is 38.2 Å². The van der Waals surface area contributed by atoms with Gasteiger partial charge in [-0.2, -0.15) is 0 Å². The van der Waals surface area contributed by atoms with E-state index in [0.29, 0.717) is 12.1 Å². The summed E-state index contributed by atoms with van der Waals surface area (Å²) >= 11 is 2.07. The number of carbonyl (C=O) groups is 2. The van der Waals surface area contributed by atoms with Crippen molar-refractivity contribution in [1.82, 2.24) is 15.6 Å². The normalized spacial score (nSPS) is 9.62. The van der Waals surface area contributed by atoms with Crippen LogP contribution in [0.15, 0.2) is 18.3 Å². The molecule has 86 valence electrons. The van der Waals surface area contributed by atoms with Crippen LogP contribution in [0.25, 0.3) is 0 Å². The molecule has 0 unspecified atom stereocenters. The van der Waals surface area contributed by atoms with Gasteiger partial charge in [-0.25, -0.2) is 4.98 Å². The van der Waals surface area contributed by atoms with Gasteiger partial charge in [0, 0.05) is 26.2 Å². The summed E-state index contributed by atoms with van der Waals surface area (Å²) in [6.07, 6.45) is 1.79. The zero-order valence-corrected chi connectivity index (χ0v) is 10.9. The van der Waals surface area contributed by atoms with Crippen LogP contribution in [0.2, 0.25) is 0 Å². The Labute approximate surface area is 107 Å². The van der Waals surface area contributed by atoms with Gasteiger partial charge in [-0.3, -0.25) is 9.59 Å². The summed E-state index contributed by atoms with van der Waals surface area (Å²) in [6, 6.07) is 3.46. The Balaban J connectivity index is 2.41. The number of nitrogens with one attached hydrogen (secondary N) is 2. The maximum atomic E-state index is 11.5. The van der Waals surface area contributed by atoms with Gasteiger partial charge in [0.15, 0.2) is 0 Å². The lowest BCUT2D eigenvalue weighted by Gasteiger charge is -2.04. The molecule has 0 fully saturated rings. The van der Waals surface area contributed by atoms with E-state index in [1.807, 2.05) is 0 Å². The second-order valence-electron chi connectivity index (χ2n) is 3.05. The lowest BCUT2D eigenvalue weighted by molar-refractivity contribution is -0.120. The molecule has 0 aliphatic rings. The van der Waals surface area contributed by atoms with Crippen LogP contribution in [-0.2, 0) is 4.79 Å². The molecule has 1 aromatic rings. The third-order valence-electron chi connectivity index (χ3n) is 1.91. The molecule has 2 N–H and O–H groups in total. The molecule has 0 saturated carbocycles. The van der Waals surface area contributed by atoms with Crippen molar-refractivity contribution < 1.29 is 9.59 Å². The van der Waals surface area contributed by atoms with Crippen molar-refractivity contribution in [2.45, 2.75) is 6.42 Å². The van der Waals surface area contributed by atoms with E-state index in [1.165, 1.54) is 6.20 Å². The van der Waals surface area contributed by atoms with Crippen LogP contribution < -0.4 is 10.6 Å². The van der Waals surface area contributed by atoms with Gasteiger partial charge < -0.3 is 10.6 Å². The number of nitrogens with zero attached hydrogens (tertiary/aromatic N) is 1. The van der Waals surface area contributed by atoms with E-state index in [4.69, 9.17) is 0 Å². The van der Waals surface area contributed by atoms with Crippen molar-refractivity contribution in [3.63, 3.8) is 0 Å². The molecule has 0 aliphatic carbocycles. The molecule has 16 heavy (non-hydrogen) atoms. The fourth-order valence-corrected chi connectivity index (χ4v) is 1.35. The SMILES string of the molecule is CNC(=O)CCNC(=O)c1ccc(I)nc1. The first kappa shape index (κ1) is 12.9. The maximum absolute atomic E-state index is 11.5. The summed E-state index contributed by atoms with van der Waals surface area (Å²) in [7, 11) is 1.56. The highest BCUT2D eigenvalue weighted by atomic mass is 127. The minimum Gasteiger partial charge on any atom is -0.359 e. The molecule has 2 amide bonds. The summed E-state index contributed by atoms with van der Waals surface area (Å²) in [5.74, 6) is -0.311. The van der Waals surface area contributed by atoms with Crippen LogP contribution in [0.4, 0.5) is 0 Å². The van der Waals surface area contributed by atoms with Crippen molar-refractivity contribution >= 4 is 34.4 Å².